The highest BCUT2D eigenvalue weighted by atomic mass is 32.1. The van der Waals surface area contributed by atoms with Gasteiger partial charge in [-0.15, -0.1) is 11.3 Å². The normalized spacial score (nSPS) is 18.4. The molecule has 0 unspecified atom stereocenters. The summed E-state index contributed by atoms with van der Waals surface area (Å²) in [6, 6.07) is 11.4. The maximum Gasteiger partial charge on any atom is 0.261 e. The van der Waals surface area contributed by atoms with Crippen molar-refractivity contribution in [2.75, 3.05) is 13.1 Å². The van der Waals surface area contributed by atoms with Crippen LogP contribution in [0.15, 0.2) is 41.8 Å². The minimum absolute atomic E-state index is 0.00371. The van der Waals surface area contributed by atoms with Gasteiger partial charge in [-0.3, -0.25) is 9.59 Å². The summed E-state index contributed by atoms with van der Waals surface area (Å²) in [6.45, 7) is 5.35. The molecule has 1 aliphatic rings. The SMILES string of the molecule is Cc1ccccc1[C@@H]1CCN(C(=O)[C@@H](C)NC(=O)c2cccs2)C1. The van der Waals surface area contributed by atoms with Crippen molar-refractivity contribution in [2.45, 2.75) is 32.2 Å². The fourth-order valence-electron chi connectivity index (χ4n) is 3.27. The van der Waals surface area contributed by atoms with Gasteiger partial charge in [-0.1, -0.05) is 30.3 Å². The number of hydrogen-bond acceptors (Lipinski definition) is 3. The van der Waals surface area contributed by atoms with Crippen LogP contribution in [0.3, 0.4) is 0 Å². The molecule has 126 valence electrons. The lowest BCUT2D eigenvalue weighted by molar-refractivity contribution is -0.131. The zero-order valence-corrected chi connectivity index (χ0v) is 14.8. The predicted octanol–water partition coefficient (Wildman–Crippen LogP) is 3.19. The zero-order chi connectivity index (χ0) is 17.1. The largest absolute Gasteiger partial charge is 0.340 e. The summed E-state index contributed by atoms with van der Waals surface area (Å²) < 4.78 is 0. The van der Waals surface area contributed by atoms with Gasteiger partial charge in [0.25, 0.3) is 5.91 Å². The molecule has 0 spiro atoms. The standard InChI is InChI=1S/C19H22N2O2S/c1-13-6-3-4-7-16(13)15-9-10-21(12-15)19(23)14(2)20-18(22)17-8-5-11-24-17/h3-8,11,14-15H,9-10,12H2,1-2H3,(H,20,22)/t14-,15-/m1/s1. The molecule has 24 heavy (non-hydrogen) atoms. The summed E-state index contributed by atoms with van der Waals surface area (Å²) in [5.41, 5.74) is 2.60. The van der Waals surface area contributed by atoms with Crippen LogP contribution in [0.4, 0.5) is 0 Å². The first-order chi connectivity index (χ1) is 11.6. The Kier molecular flexibility index (Phi) is 5.00. The van der Waals surface area contributed by atoms with Gasteiger partial charge in [-0.05, 0) is 42.8 Å². The summed E-state index contributed by atoms with van der Waals surface area (Å²) in [7, 11) is 0. The number of carbonyl (C=O) groups is 2. The van der Waals surface area contributed by atoms with Crippen LogP contribution in [0.25, 0.3) is 0 Å². The van der Waals surface area contributed by atoms with Gasteiger partial charge >= 0.3 is 0 Å². The molecule has 1 aliphatic heterocycles. The number of likely N-dealkylation sites (tertiary alicyclic amines) is 1. The molecule has 1 saturated heterocycles. The Morgan fingerprint density at radius 3 is 2.75 bits per heavy atom. The average Bonchev–Trinajstić information content (AvgIpc) is 3.26. The van der Waals surface area contributed by atoms with E-state index in [0.29, 0.717) is 10.8 Å². The van der Waals surface area contributed by atoms with Crippen molar-refractivity contribution in [3.8, 4) is 0 Å². The molecule has 1 N–H and O–H groups in total. The molecule has 1 aromatic heterocycles. The Morgan fingerprint density at radius 1 is 1.25 bits per heavy atom. The highest BCUT2D eigenvalue weighted by Gasteiger charge is 2.31. The fourth-order valence-corrected chi connectivity index (χ4v) is 3.90. The molecule has 2 heterocycles. The third kappa shape index (κ3) is 3.51. The quantitative estimate of drug-likeness (QED) is 0.928. The van der Waals surface area contributed by atoms with Crippen LogP contribution in [0.5, 0.6) is 0 Å². The molecule has 1 aromatic carbocycles. The molecule has 5 heteroatoms. The second kappa shape index (κ2) is 7.18. The molecular weight excluding hydrogens is 320 g/mol. The summed E-state index contributed by atoms with van der Waals surface area (Å²) in [5, 5.41) is 4.66. The third-order valence-corrected chi connectivity index (χ3v) is 5.46. The van der Waals surface area contributed by atoms with E-state index in [1.807, 2.05) is 22.4 Å². The average molecular weight is 342 g/mol. The molecule has 0 bridgehead atoms. The number of nitrogens with one attached hydrogen (secondary N) is 1. The molecule has 3 rings (SSSR count). The van der Waals surface area contributed by atoms with Gasteiger partial charge in [0.2, 0.25) is 5.91 Å². The monoisotopic (exact) mass is 342 g/mol. The molecule has 2 atom stereocenters. The van der Waals surface area contributed by atoms with Gasteiger partial charge in [-0.2, -0.15) is 0 Å². The lowest BCUT2D eigenvalue weighted by Crippen LogP contribution is -2.46. The van der Waals surface area contributed by atoms with Gasteiger partial charge in [0.1, 0.15) is 6.04 Å². The maximum absolute atomic E-state index is 12.6. The van der Waals surface area contributed by atoms with Gasteiger partial charge in [0.05, 0.1) is 4.88 Å². The van der Waals surface area contributed by atoms with Gasteiger partial charge in [0, 0.05) is 19.0 Å². The molecule has 2 aromatic rings. The number of amides is 2. The van der Waals surface area contributed by atoms with Gasteiger partial charge in [-0.25, -0.2) is 0 Å². The van der Waals surface area contributed by atoms with Crippen molar-refractivity contribution in [2.24, 2.45) is 0 Å². The van der Waals surface area contributed by atoms with Crippen molar-refractivity contribution in [1.29, 1.82) is 0 Å². The van der Waals surface area contributed by atoms with E-state index < -0.39 is 6.04 Å². The Bertz CT molecular complexity index is 727. The first kappa shape index (κ1) is 16.7. The number of benzene rings is 1. The van der Waals surface area contributed by atoms with Crippen LogP contribution >= 0.6 is 11.3 Å². The summed E-state index contributed by atoms with van der Waals surface area (Å²) in [6.07, 6.45) is 0.974. The highest BCUT2D eigenvalue weighted by molar-refractivity contribution is 7.12. The lowest BCUT2D eigenvalue weighted by atomic mass is 9.94. The van der Waals surface area contributed by atoms with E-state index in [1.54, 1.807) is 13.0 Å². The van der Waals surface area contributed by atoms with Crippen LogP contribution in [-0.2, 0) is 4.79 Å². The van der Waals surface area contributed by atoms with Crippen molar-refractivity contribution in [3.05, 3.63) is 57.8 Å². The van der Waals surface area contributed by atoms with Crippen molar-refractivity contribution in [3.63, 3.8) is 0 Å². The number of thiophene rings is 1. The summed E-state index contributed by atoms with van der Waals surface area (Å²) in [4.78, 5) is 27.2. The van der Waals surface area contributed by atoms with E-state index in [1.165, 1.54) is 22.5 Å². The molecule has 4 nitrogen and oxygen atoms in total. The maximum atomic E-state index is 12.6. The Labute approximate surface area is 146 Å². The highest BCUT2D eigenvalue weighted by Crippen LogP contribution is 2.29. The Morgan fingerprint density at radius 2 is 2.04 bits per heavy atom. The van der Waals surface area contributed by atoms with E-state index in [-0.39, 0.29) is 11.8 Å². The number of hydrogen-bond donors (Lipinski definition) is 1. The Hall–Kier alpha value is -2.14. The zero-order valence-electron chi connectivity index (χ0n) is 14.0. The Balaban J connectivity index is 1.60. The predicted molar refractivity (Wildman–Crippen MR) is 96.4 cm³/mol. The number of carbonyl (C=O) groups excluding carboxylic acids is 2. The summed E-state index contributed by atoms with van der Waals surface area (Å²) >= 11 is 1.38. The molecule has 0 aliphatic carbocycles. The van der Waals surface area contributed by atoms with Gasteiger partial charge in [0.15, 0.2) is 0 Å². The van der Waals surface area contributed by atoms with Crippen molar-refractivity contribution in [1.82, 2.24) is 10.2 Å². The van der Waals surface area contributed by atoms with Crippen LogP contribution in [-0.4, -0.2) is 35.8 Å². The first-order valence-corrected chi connectivity index (χ1v) is 9.13. The lowest BCUT2D eigenvalue weighted by Gasteiger charge is -2.22. The minimum atomic E-state index is -0.504. The molecule has 2 amide bonds. The van der Waals surface area contributed by atoms with Crippen LogP contribution in [0, 0.1) is 6.92 Å². The van der Waals surface area contributed by atoms with Crippen LogP contribution in [0.1, 0.15) is 40.1 Å². The number of aryl methyl sites for hydroxylation is 1. The van der Waals surface area contributed by atoms with Crippen LogP contribution < -0.4 is 5.32 Å². The summed E-state index contributed by atoms with van der Waals surface area (Å²) in [5.74, 6) is 0.201. The fraction of sp³-hybridized carbons (Fsp3) is 0.368. The number of nitrogens with zero attached hydrogens (tertiary/aromatic N) is 1. The number of rotatable bonds is 4. The van der Waals surface area contributed by atoms with E-state index in [2.05, 4.69) is 30.4 Å². The van der Waals surface area contributed by atoms with Crippen molar-refractivity contribution >= 4 is 23.2 Å². The second-order valence-electron chi connectivity index (χ2n) is 6.30. The van der Waals surface area contributed by atoms with Crippen LogP contribution in [0.2, 0.25) is 0 Å². The van der Waals surface area contributed by atoms with E-state index in [9.17, 15) is 9.59 Å². The minimum Gasteiger partial charge on any atom is -0.340 e. The molecule has 0 radical (unpaired) electrons. The second-order valence-corrected chi connectivity index (χ2v) is 7.25. The first-order valence-electron chi connectivity index (χ1n) is 8.25. The van der Waals surface area contributed by atoms with Crippen molar-refractivity contribution < 1.29 is 9.59 Å². The molecule has 0 saturated carbocycles. The smallest absolute Gasteiger partial charge is 0.261 e. The van der Waals surface area contributed by atoms with E-state index in [4.69, 9.17) is 0 Å². The molecule has 1 fully saturated rings. The molecular formula is C19H22N2O2S. The topological polar surface area (TPSA) is 49.4 Å². The van der Waals surface area contributed by atoms with E-state index >= 15 is 0 Å². The van der Waals surface area contributed by atoms with Gasteiger partial charge < -0.3 is 10.2 Å². The third-order valence-electron chi connectivity index (χ3n) is 4.59. The van der Waals surface area contributed by atoms with E-state index in [0.717, 1.165) is 19.5 Å².